The number of rotatable bonds is 7. The van der Waals surface area contributed by atoms with Gasteiger partial charge in [-0.25, -0.2) is 4.79 Å². The molecular formula is C14H19ClN2O3S. The minimum atomic E-state index is -0.800. The van der Waals surface area contributed by atoms with Crippen LogP contribution in [-0.2, 0) is 11.2 Å². The number of hydrogen-bond donors (Lipinski definition) is 3. The van der Waals surface area contributed by atoms with Gasteiger partial charge in [0.1, 0.15) is 0 Å². The Hall–Kier alpha value is -1.27. The molecule has 5 nitrogen and oxygen atoms in total. The molecule has 1 aliphatic carbocycles. The van der Waals surface area contributed by atoms with Gasteiger partial charge in [-0.1, -0.05) is 18.0 Å². The van der Waals surface area contributed by atoms with Gasteiger partial charge in [-0.15, -0.1) is 11.3 Å². The zero-order valence-electron chi connectivity index (χ0n) is 11.7. The van der Waals surface area contributed by atoms with Crippen LogP contribution in [0.4, 0.5) is 4.79 Å². The number of halogens is 1. The fourth-order valence-electron chi connectivity index (χ4n) is 2.53. The summed E-state index contributed by atoms with van der Waals surface area (Å²) in [4.78, 5) is 23.7. The van der Waals surface area contributed by atoms with Crippen LogP contribution in [0.2, 0.25) is 4.34 Å². The first-order valence-corrected chi connectivity index (χ1v) is 8.16. The maximum absolute atomic E-state index is 11.7. The van der Waals surface area contributed by atoms with Gasteiger partial charge in [0.2, 0.25) is 0 Å². The van der Waals surface area contributed by atoms with Crippen LogP contribution in [0.15, 0.2) is 12.1 Å². The summed E-state index contributed by atoms with van der Waals surface area (Å²) in [6, 6.07) is 3.55. The predicted octanol–water partition coefficient (Wildman–Crippen LogP) is 2.89. The van der Waals surface area contributed by atoms with Gasteiger partial charge in [0.05, 0.1) is 10.8 Å². The van der Waals surface area contributed by atoms with E-state index in [0.29, 0.717) is 13.1 Å². The Kier molecular flexibility index (Phi) is 5.47. The predicted molar refractivity (Wildman–Crippen MR) is 83.0 cm³/mol. The Morgan fingerprint density at radius 3 is 2.62 bits per heavy atom. The second-order valence-electron chi connectivity index (χ2n) is 5.49. The number of thiophene rings is 1. The summed E-state index contributed by atoms with van der Waals surface area (Å²) in [7, 11) is 0. The largest absolute Gasteiger partial charge is 0.481 e. The van der Waals surface area contributed by atoms with Gasteiger partial charge in [-0.3, -0.25) is 4.79 Å². The van der Waals surface area contributed by atoms with E-state index in [1.165, 1.54) is 11.3 Å². The summed E-state index contributed by atoms with van der Waals surface area (Å²) in [5.41, 5.74) is -0.246. The van der Waals surface area contributed by atoms with E-state index in [1.807, 2.05) is 12.1 Å². The summed E-state index contributed by atoms with van der Waals surface area (Å²) in [6.07, 6.45) is 3.64. The molecule has 116 valence electrons. The molecule has 0 aromatic carbocycles. The van der Waals surface area contributed by atoms with E-state index in [4.69, 9.17) is 16.7 Å². The third kappa shape index (κ3) is 4.89. The molecule has 0 atom stereocenters. The van der Waals surface area contributed by atoms with Crippen LogP contribution >= 0.6 is 22.9 Å². The van der Waals surface area contributed by atoms with Crippen molar-refractivity contribution >= 4 is 34.9 Å². The monoisotopic (exact) mass is 330 g/mol. The minimum absolute atomic E-state index is 0.126. The number of carboxylic acids is 1. The molecule has 21 heavy (non-hydrogen) atoms. The highest BCUT2D eigenvalue weighted by molar-refractivity contribution is 7.16. The molecule has 0 saturated heterocycles. The molecule has 1 heterocycles. The van der Waals surface area contributed by atoms with Crippen molar-refractivity contribution in [2.24, 2.45) is 5.41 Å². The Bertz CT molecular complexity index is 514. The molecule has 1 saturated carbocycles. The van der Waals surface area contributed by atoms with Crippen LogP contribution in [0.1, 0.15) is 30.6 Å². The zero-order chi connectivity index (χ0) is 15.3. The lowest BCUT2D eigenvalue weighted by Gasteiger charge is -2.40. The molecule has 0 unspecified atom stereocenters. The Morgan fingerprint density at radius 2 is 2.10 bits per heavy atom. The molecule has 1 aromatic heterocycles. The summed E-state index contributed by atoms with van der Waals surface area (Å²) >= 11 is 7.34. The standard InChI is InChI=1S/C14H19ClN2O3S/c15-11-3-2-10(21-11)4-7-16-13(20)17-9-14(5-1-6-14)8-12(18)19/h2-3H,1,4-9H2,(H,18,19)(H2,16,17,20). The van der Waals surface area contributed by atoms with Crippen molar-refractivity contribution in [1.29, 1.82) is 0 Å². The van der Waals surface area contributed by atoms with Gasteiger partial charge >= 0.3 is 12.0 Å². The molecule has 0 aliphatic heterocycles. The average Bonchev–Trinajstić information content (AvgIpc) is 2.78. The van der Waals surface area contributed by atoms with Crippen molar-refractivity contribution in [2.45, 2.75) is 32.1 Å². The van der Waals surface area contributed by atoms with Crippen LogP contribution in [0.25, 0.3) is 0 Å². The molecule has 1 fully saturated rings. The normalized spacial score (nSPS) is 16.0. The van der Waals surface area contributed by atoms with Crippen LogP contribution in [0, 0.1) is 5.41 Å². The third-order valence-corrected chi connectivity index (χ3v) is 5.14. The highest BCUT2D eigenvalue weighted by Crippen LogP contribution is 2.43. The van der Waals surface area contributed by atoms with Gasteiger partial charge in [0.15, 0.2) is 0 Å². The van der Waals surface area contributed by atoms with Gasteiger partial charge in [0, 0.05) is 18.0 Å². The van der Waals surface area contributed by atoms with Gasteiger partial charge in [-0.05, 0) is 36.8 Å². The van der Waals surface area contributed by atoms with Crippen molar-refractivity contribution in [3.05, 3.63) is 21.3 Å². The van der Waals surface area contributed by atoms with E-state index in [-0.39, 0.29) is 17.9 Å². The van der Waals surface area contributed by atoms with E-state index in [9.17, 15) is 9.59 Å². The number of hydrogen-bond acceptors (Lipinski definition) is 3. The zero-order valence-corrected chi connectivity index (χ0v) is 13.2. The first-order valence-electron chi connectivity index (χ1n) is 6.97. The van der Waals surface area contributed by atoms with Crippen molar-refractivity contribution in [1.82, 2.24) is 10.6 Å². The highest BCUT2D eigenvalue weighted by Gasteiger charge is 2.39. The van der Waals surface area contributed by atoms with E-state index < -0.39 is 5.97 Å². The number of carboxylic acid groups (broad SMARTS) is 1. The van der Waals surface area contributed by atoms with Crippen molar-refractivity contribution in [2.75, 3.05) is 13.1 Å². The highest BCUT2D eigenvalue weighted by atomic mass is 35.5. The van der Waals surface area contributed by atoms with E-state index in [1.54, 1.807) is 0 Å². The third-order valence-electron chi connectivity index (χ3n) is 3.85. The topological polar surface area (TPSA) is 78.4 Å². The lowest BCUT2D eigenvalue weighted by molar-refractivity contribution is -0.141. The van der Waals surface area contributed by atoms with E-state index >= 15 is 0 Å². The summed E-state index contributed by atoms with van der Waals surface area (Å²) in [6.45, 7) is 0.963. The quantitative estimate of drug-likeness (QED) is 0.719. The molecule has 0 spiro atoms. The van der Waals surface area contributed by atoms with Crippen molar-refractivity contribution < 1.29 is 14.7 Å². The molecule has 2 amide bonds. The fourth-order valence-corrected chi connectivity index (χ4v) is 3.62. The molecule has 0 bridgehead atoms. The second kappa shape index (κ2) is 7.13. The summed E-state index contributed by atoms with van der Waals surface area (Å²) in [5.74, 6) is -0.800. The second-order valence-corrected chi connectivity index (χ2v) is 7.29. The lowest BCUT2D eigenvalue weighted by Crippen LogP contribution is -2.46. The number of carbonyl (C=O) groups excluding carboxylic acids is 1. The molecule has 7 heteroatoms. The first kappa shape index (κ1) is 16.1. The molecule has 3 N–H and O–H groups in total. The number of carbonyl (C=O) groups is 2. The van der Waals surface area contributed by atoms with Gasteiger partial charge < -0.3 is 15.7 Å². The van der Waals surface area contributed by atoms with Gasteiger partial charge in [-0.2, -0.15) is 0 Å². The average molecular weight is 331 g/mol. The summed E-state index contributed by atoms with van der Waals surface area (Å²) in [5, 5.41) is 14.5. The SMILES string of the molecule is O=C(O)CC1(CNC(=O)NCCc2ccc(Cl)s2)CCC1. The Morgan fingerprint density at radius 1 is 1.33 bits per heavy atom. The van der Waals surface area contributed by atoms with Crippen LogP contribution in [0.3, 0.4) is 0 Å². The number of urea groups is 1. The Balaban J connectivity index is 1.66. The van der Waals surface area contributed by atoms with E-state index in [0.717, 1.165) is 34.9 Å². The van der Waals surface area contributed by atoms with Crippen molar-refractivity contribution in [3.8, 4) is 0 Å². The van der Waals surface area contributed by atoms with E-state index in [2.05, 4.69) is 10.6 Å². The number of amides is 2. The van der Waals surface area contributed by atoms with Crippen molar-refractivity contribution in [3.63, 3.8) is 0 Å². The fraction of sp³-hybridized carbons (Fsp3) is 0.571. The lowest BCUT2D eigenvalue weighted by atomic mass is 9.66. The maximum atomic E-state index is 11.7. The maximum Gasteiger partial charge on any atom is 0.314 e. The van der Waals surface area contributed by atoms with Gasteiger partial charge in [0.25, 0.3) is 0 Å². The molecule has 2 rings (SSSR count). The Labute approximate surface area is 132 Å². The number of aliphatic carboxylic acids is 1. The number of nitrogens with one attached hydrogen (secondary N) is 2. The summed E-state index contributed by atoms with van der Waals surface area (Å²) < 4.78 is 0.745. The smallest absolute Gasteiger partial charge is 0.314 e. The minimum Gasteiger partial charge on any atom is -0.481 e. The molecular weight excluding hydrogens is 312 g/mol. The molecule has 1 aromatic rings. The molecule has 0 radical (unpaired) electrons. The van der Waals surface area contributed by atoms with Crippen LogP contribution in [0.5, 0.6) is 0 Å². The van der Waals surface area contributed by atoms with Crippen LogP contribution < -0.4 is 10.6 Å². The molecule has 1 aliphatic rings. The van der Waals surface area contributed by atoms with Crippen LogP contribution in [-0.4, -0.2) is 30.2 Å². The first-order chi connectivity index (χ1) is 9.99.